The highest BCUT2D eigenvalue weighted by Crippen LogP contribution is 2.38. The fourth-order valence-corrected chi connectivity index (χ4v) is 3.97. The van der Waals surface area contributed by atoms with Crippen LogP contribution in [0.25, 0.3) is 0 Å². The van der Waals surface area contributed by atoms with E-state index in [9.17, 15) is 4.79 Å². The zero-order chi connectivity index (χ0) is 19.5. The molecule has 2 aliphatic heterocycles. The normalized spacial score (nSPS) is 19.8. The second-order valence-electron chi connectivity index (χ2n) is 7.16. The van der Waals surface area contributed by atoms with Gasteiger partial charge in [-0.3, -0.25) is 4.79 Å². The second kappa shape index (κ2) is 8.31. The molecule has 2 aromatic rings. The standard InChI is InChI=1S/C22H24ClNO4/c1-15(28-18-6-2-5-17(23)14-18)22(25)24-10-3-7-19(24)16-8-9-20-21(13-16)27-12-4-11-26-20/h2,5-6,8-9,13-15,19H,3-4,7,10-12H2,1H3/t15-,19-/m1/s1. The van der Waals surface area contributed by atoms with Gasteiger partial charge in [0.15, 0.2) is 17.6 Å². The number of hydrogen-bond acceptors (Lipinski definition) is 4. The number of nitrogens with zero attached hydrogens (tertiary/aromatic N) is 1. The molecule has 0 saturated carbocycles. The Balaban J connectivity index is 1.50. The van der Waals surface area contributed by atoms with E-state index in [1.54, 1.807) is 25.1 Å². The van der Waals surface area contributed by atoms with Gasteiger partial charge in [0, 0.05) is 18.0 Å². The highest BCUT2D eigenvalue weighted by atomic mass is 35.5. The number of rotatable bonds is 4. The fourth-order valence-electron chi connectivity index (χ4n) is 3.79. The molecule has 1 saturated heterocycles. The number of amides is 1. The van der Waals surface area contributed by atoms with E-state index in [1.165, 1.54) is 0 Å². The Morgan fingerprint density at radius 3 is 2.79 bits per heavy atom. The maximum atomic E-state index is 13.1. The van der Waals surface area contributed by atoms with Crippen LogP contribution in [0.5, 0.6) is 17.2 Å². The van der Waals surface area contributed by atoms with Crippen LogP contribution in [0.3, 0.4) is 0 Å². The predicted octanol–water partition coefficient (Wildman–Crippen LogP) is 4.63. The summed E-state index contributed by atoms with van der Waals surface area (Å²) in [6.07, 6.45) is 2.18. The number of carbonyl (C=O) groups excluding carboxylic acids is 1. The third kappa shape index (κ3) is 4.04. The van der Waals surface area contributed by atoms with Crippen molar-refractivity contribution < 1.29 is 19.0 Å². The summed E-state index contributed by atoms with van der Waals surface area (Å²) in [7, 11) is 0. The Bertz CT molecular complexity index is 856. The van der Waals surface area contributed by atoms with Crippen LogP contribution < -0.4 is 14.2 Å². The third-order valence-corrected chi connectivity index (χ3v) is 5.38. The molecular weight excluding hydrogens is 378 g/mol. The highest BCUT2D eigenvalue weighted by Gasteiger charge is 2.33. The maximum Gasteiger partial charge on any atom is 0.263 e. The molecule has 0 unspecified atom stereocenters. The SMILES string of the molecule is C[C@@H](Oc1cccc(Cl)c1)C(=O)N1CCC[C@@H]1c1ccc2c(c1)OCCCO2. The van der Waals surface area contributed by atoms with Gasteiger partial charge in [-0.25, -0.2) is 0 Å². The number of benzene rings is 2. The first kappa shape index (κ1) is 18.9. The largest absolute Gasteiger partial charge is 0.490 e. The Morgan fingerprint density at radius 1 is 1.14 bits per heavy atom. The van der Waals surface area contributed by atoms with Gasteiger partial charge in [-0.15, -0.1) is 0 Å². The zero-order valence-electron chi connectivity index (χ0n) is 15.9. The average Bonchev–Trinajstić information content (AvgIpc) is 3.06. The van der Waals surface area contributed by atoms with E-state index >= 15 is 0 Å². The summed E-state index contributed by atoms with van der Waals surface area (Å²) in [5.74, 6) is 2.11. The first-order chi connectivity index (χ1) is 13.6. The monoisotopic (exact) mass is 401 g/mol. The van der Waals surface area contributed by atoms with Crippen LogP contribution >= 0.6 is 11.6 Å². The molecule has 5 nitrogen and oxygen atoms in total. The number of carbonyl (C=O) groups is 1. The number of ether oxygens (including phenoxy) is 3. The smallest absolute Gasteiger partial charge is 0.263 e. The first-order valence-corrected chi connectivity index (χ1v) is 10.1. The minimum atomic E-state index is -0.584. The molecule has 1 amide bonds. The topological polar surface area (TPSA) is 48.0 Å². The van der Waals surface area contributed by atoms with E-state index in [1.807, 2.05) is 29.2 Å². The molecule has 0 N–H and O–H groups in total. The molecule has 1 fully saturated rings. The first-order valence-electron chi connectivity index (χ1n) is 9.74. The van der Waals surface area contributed by atoms with Gasteiger partial charge in [0.1, 0.15) is 5.75 Å². The summed E-state index contributed by atoms with van der Waals surface area (Å²) in [4.78, 5) is 15.0. The quantitative estimate of drug-likeness (QED) is 0.749. The molecule has 0 aliphatic carbocycles. The lowest BCUT2D eigenvalue weighted by atomic mass is 10.0. The lowest BCUT2D eigenvalue weighted by Gasteiger charge is -2.28. The molecule has 2 atom stereocenters. The van der Waals surface area contributed by atoms with Crippen molar-refractivity contribution in [2.75, 3.05) is 19.8 Å². The maximum absolute atomic E-state index is 13.1. The van der Waals surface area contributed by atoms with Crippen LogP contribution in [0.15, 0.2) is 42.5 Å². The molecule has 6 heteroatoms. The summed E-state index contributed by atoms with van der Waals surface area (Å²) in [5.41, 5.74) is 1.07. The Labute approximate surface area is 170 Å². The summed E-state index contributed by atoms with van der Waals surface area (Å²) in [5, 5.41) is 0.586. The van der Waals surface area contributed by atoms with Gasteiger partial charge < -0.3 is 19.1 Å². The molecule has 0 radical (unpaired) electrons. The summed E-state index contributed by atoms with van der Waals surface area (Å²) in [6.45, 7) is 3.82. The Morgan fingerprint density at radius 2 is 1.96 bits per heavy atom. The van der Waals surface area contributed by atoms with Crippen molar-refractivity contribution in [1.82, 2.24) is 4.90 Å². The Kier molecular flexibility index (Phi) is 5.62. The van der Waals surface area contributed by atoms with E-state index in [0.29, 0.717) is 24.0 Å². The van der Waals surface area contributed by atoms with Crippen LogP contribution in [-0.2, 0) is 4.79 Å². The Hall–Kier alpha value is -2.40. The van der Waals surface area contributed by atoms with E-state index in [4.69, 9.17) is 25.8 Å². The minimum absolute atomic E-state index is 0.0189. The highest BCUT2D eigenvalue weighted by molar-refractivity contribution is 6.30. The molecule has 0 bridgehead atoms. The van der Waals surface area contributed by atoms with Crippen LogP contribution in [0, 0.1) is 0 Å². The van der Waals surface area contributed by atoms with E-state index in [-0.39, 0.29) is 11.9 Å². The van der Waals surface area contributed by atoms with E-state index in [0.717, 1.165) is 42.9 Å². The van der Waals surface area contributed by atoms with Gasteiger partial charge in [0.2, 0.25) is 0 Å². The minimum Gasteiger partial charge on any atom is -0.490 e. The van der Waals surface area contributed by atoms with Gasteiger partial charge in [-0.1, -0.05) is 23.7 Å². The molecule has 4 rings (SSSR count). The third-order valence-electron chi connectivity index (χ3n) is 5.15. The number of hydrogen-bond donors (Lipinski definition) is 0. The van der Waals surface area contributed by atoms with Crippen molar-refractivity contribution in [2.45, 2.75) is 38.3 Å². The van der Waals surface area contributed by atoms with Gasteiger partial charge in [0.05, 0.1) is 19.3 Å². The van der Waals surface area contributed by atoms with Crippen LogP contribution in [0.4, 0.5) is 0 Å². The van der Waals surface area contributed by atoms with Gasteiger partial charge in [-0.05, 0) is 55.7 Å². The molecule has 28 heavy (non-hydrogen) atoms. The van der Waals surface area contributed by atoms with Crippen molar-refractivity contribution >= 4 is 17.5 Å². The molecule has 0 aromatic heterocycles. The summed E-state index contributed by atoms with van der Waals surface area (Å²) in [6, 6.07) is 13.1. The lowest BCUT2D eigenvalue weighted by Crippen LogP contribution is -2.40. The molecule has 2 heterocycles. The predicted molar refractivity (Wildman–Crippen MR) is 107 cm³/mol. The van der Waals surface area contributed by atoms with Crippen LogP contribution in [0.1, 0.15) is 37.8 Å². The fraction of sp³-hybridized carbons (Fsp3) is 0.409. The summed E-state index contributed by atoms with van der Waals surface area (Å²) >= 11 is 6.01. The lowest BCUT2D eigenvalue weighted by molar-refractivity contribution is -0.138. The average molecular weight is 402 g/mol. The van der Waals surface area contributed by atoms with Crippen LogP contribution in [-0.4, -0.2) is 36.7 Å². The van der Waals surface area contributed by atoms with Crippen molar-refractivity contribution in [2.24, 2.45) is 0 Å². The summed E-state index contributed by atoms with van der Waals surface area (Å²) < 4.78 is 17.4. The molecular formula is C22H24ClNO4. The van der Waals surface area contributed by atoms with Gasteiger partial charge in [0.25, 0.3) is 5.91 Å². The number of fused-ring (bicyclic) bond motifs is 1. The van der Waals surface area contributed by atoms with E-state index in [2.05, 4.69) is 0 Å². The molecule has 148 valence electrons. The van der Waals surface area contributed by atoms with Crippen LogP contribution in [0.2, 0.25) is 5.02 Å². The van der Waals surface area contributed by atoms with Gasteiger partial charge >= 0.3 is 0 Å². The van der Waals surface area contributed by atoms with Gasteiger partial charge in [-0.2, -0.15) is 0 Å². The van der Waals surface area contributed by atoms with Crippen molar-refractivity contribution in [3.63, 3.8) is 0 Å². The van der Waals surface area contributed by atoms with Crippen molar-refractivity contribution in [3.8, 4) is 17.2 Å². The van der Waals surface area contributed by atoms with Crippen molar-refractivity contribution in [1.29, 1.82) is 0 Å². The molecule has 2 aromatic carbocycles. The molecule has 0 spiro atoms. The zero-order valence-corrected chi connectivity index (χ0v) is 16.7. The molecule has 2 aliphatic rings. The number of likely N-dealkylation sites (tertiary alicyclic amines) is 1. The number of halogens is 1. The second-order valence-corrected chi connectivity index (χ2v) is 7.60. The van der Waals surface area contributed by atoms with Crippen molar-refractivity contribution in [3.05, 3.63) is 53.1 Å². The van der Waals surface area contributed by atoms with E-state index < -0.39 is 6.10 Å².